The van der Waals surface area contributed by atoms with Crippen LogP contribution in [0.4, 0.5) is 0 Å². The van der Waals surface area contributed by atoms with Crippen LogP contribution < -0.4 is 10.3 Å². The van der Waals surface area contributed by atoms with Crippen LogP contribution in [0, 0.1) is 20.8 Å². The molecule has 5 rings (SSSR count). The second-order valence-electron chi connectivity index (χ2n) is 10.7. The number of carbonyl (C=O) groups excluding carboxylic acids is 1. The summed E-state index contributed by atoms with van der Waals surface area (Å²) in [4.78, 5) is 25.0. The molecule has 0 aliphatic heterocycles. The number of aromatic nitrogens is 1. The van der Waals surface area contributed by atoms with Crippen LogP contribution in [0.25, 0.3) is 5.70 Å². The lowest BCUT2D eigenvalue weighted by molar-refractivity contribution is -0.0980. The minimum atomic E-state index is -0.00199. The van der Waals surface area contributed by atoms with E-state index in [9.17, 15) is 4.79 Å². The largest absolute Gasteiger partial charge is 0.488 e. The zero-order valence-corrected chi connectivity index (χ0v) is 28.1. The standard InChI is InChI=1S/C35H38N2O2S.C2H6.CH2O/c1-24-12-6-10-16-31(24)34(27-18-19-27)36(4)21-28-13-7-8-15-30(28)23-39-32-20-25(2)37(35(38)26(32)3)22-29-14-9-11-17-33(29)40-5;2*1-2/h6-17,20H,18-19,21-23H2,1-5H3;1-2H3;1H2. The number of aryl methyl sites for hydroxylation is 2. The van der Waals surface area contributed by atoms with Crippen molar-refractivity contribution >= 4 is 24.2 Å². The maximum atomic E-state index is 13.4. The van der Waals surface area contributed by atoms with Crippen LogP contribution in [-0.2, 0) is 24.5 Å². The Morgan fingerprint density at radius 1 is 0.886 bits per heavy atom. The summed E-state index contributed by atoms with van der Waals surface area (Å²) in [6, 6.07) is 27.4. The van der Waals surface area contributed by atoms with Crippen LogP contribution in [0.1, 0.15) is 65.8 Å². The molecule has 1 heterocycles. The Labute approximate surface area is 267 Å². The molecule has 1 saturated carbocycles. The van der Waals surface area contributed by atoms with E-state index < -0.39 is 0 Å². The molecule has 1 aromatic heterocycles. The number of rotatable bonds is 10. The number of hydrogen-bond donors (Lipinski definition) is 0. The number of benzene rings is 3. The van der Waals surface area contributed by atoms with Crippen LogP contribution in [0.5, 0.6) is 5.75 Å². The third kappa shape index (κ3) is 8.32. The molecular formula is C38H46N2O3S. The van der Waals surface area contributed by atoms with Gasteiger partial charge < -0.3 is 19.0 Å². The molecule has 0 atom stereocenters. The van der Waals surface area contributed by atoms with E-state index >= 15 is 0 Å². The van der Waals surface area contributed by atoms with Crippen LogP contribution in [0.3, 0.4) is 0 Å². The Bertz CT molecular complexity index is 1630. The molecule has 3 aromatic carbocycles. The van der Waals surface area contributed by atoms with Crippen molar-refractivity contribution in [1.29, 1.82) is 0 Å². The van der Waals surface area contributed by atoms with Crippen molar-refractivity contribution in [1.82, 2.24) is 9.47 Å². The summed E-state index contributed by atoms with van der Waals surface area (Å²) in [6.07, 6.45) is 4.41. The SMILES string of the molecule is C=O.CC.CSc1ccccc1Cn1c(C)cc(OCc2ccccc2CN(C)C(=C2CC2)c2ccccc2C)c(C)c1=O. The molecule has 1 fully saturated rings. The molecule has 4 aromatic rings. The first-order valence-electron chi connectivity index (χ1n) is 15.2. The Morgan fingerprint density at radius 3 is 2.11 bits per heavy atom. The molecule has 0 N–H and O–H groups in total. The van der Waals surface area contributed by atoms with E-state index in [2.05, 4.69) is 85.8 Å². The number of thioether (sulfide) groups is 1. The predicted molar refractivity (Wildman–Crippen MR) is 186 cm³/mol. The van der Waals surface area contributed by atoms with Crippen LogP contribution in [-0.4, -0.2) is 29.6 Å². The highest BCUT2D eigenvalue weighted by atomic mass is 32.2. The highest BCUT2D eigenvalue weighted by molar-refractivity contribution is 7.98. The summed E-state index contributed by atoms with van der Waals surface area (Å²) in [5.41, 5.74) is 10.6. The first-order valence-corrected chi connectivity index (χ1v) is 16.4. The van der Waals surface area contributed by atoms with Gasteiger partial charge in [-0.1, -0.05) is 80.6 Å². The molecule has 6 heteroatoms. The van der Waals surface area contributed by atoms with Gasteiger partial charge in [-0.2, -0.15) is 0 Å². The predicted octanol–water partition coefficient (Wildman–Crippen LogP) is 8.60. The fourth-order valence-electron chi connectivity index (χ4n) is 5.34. The van der Waals surface area contributed by atoms with Crippen molar-refractivity contribution in [2.75, 3.05) is 13.3 Å². The molecule has 0 amide bonds. The molecule has 0 radical (unpaired) electrons. The molecule has 232 valence electrons. The van der Waals surface area contributed by atoms with Gasteiger partial charge in [0.2, 0.25) is 0 Å². The van der Waals surface area contributed by atoms with E-state index in [-0.39, 0.29) is 5.56 Å². The molecule has 44 heavy (non-hydrogen) atoms. The van der Waals surface area contributed by atoms with E-state index in [1.165, 1.54) is 45.7 Å². The van der Waals surface area contributed by atoms with Crippen molar-refractivity contribution < 1.29 is 9.53 Å². The van der Waals surface area contributed by atoms with Gasteiger partial charge in [-0.15, -0.1) is 11.8 Å². The third-order valence-electron chi connectivity index (χ3n) is 7.75. The minimum absolute atomic E-state index is 0.00199. The molecule has 0 spiro atoms. The number of hydrogen-bond acceptors (Lipinski definition) is 5. The second kappa shape index (κ2) is 16.7. The maximum absolute atomic E-state index is 13.4. The summed E-state index contributed by atoms with van der Waals surface area (Å²) in [5.74, 6) is 0.653. The average molecular weight is 611 g/mol. The van der Waals surface area contributed by atoms with Gasteiger partial charge >= 0.3 is 0 Å². The summed E-state index contributed by atoms with van der Waals surface area (Å²) in [5, 5.41) is 0. The number of carbonyl (C=O) groups is 1. The Hall–Kier alpha value is -4.03. The van der Waals surface area contributed by atoms with Crippen LogP contribution in [0.2, 0.25) is 0 Å². The van der Waals surface area contributed by atoms with Gasteiger partial charge in [0, 0.05) is 35.4 Å². The highest BCUT2D eigenvalue weighted by Crippen LogP contribution is 2.39. The van der Waals surface area contributed by atoms with E-state index in [0.29, 0.717) is 24.5 Å². The topological polar surface area (TPSA) is 51.5 Å². The number of ether oxygens (including phenoxy) is 1. The Balaban J connectivity index is 0.00000127. The monoisotopic (exact) mass is 610 g/mol. The first kappa shape index (κ1) is 34.5. The molecule has 1 aliphatic rings. The quantitative estimate of drug-likeness (QED) is 0.168. The molecule has 0 unspecified atom stereocenters. The number of pyridine rings is 1. The molecule has 5 nitrogen and oxygen atoms in total. The van der Waals surface area contributed by atoms with E-state index in [1.807, 2.05) is 57.3 Å². The Kier molecular flexibility index (Phi) is 13.1. The summed E-state index contributed by atoms with van der Waals surface area (Å²) < 4.78 is 8.18. The maximum Gasteiger partial charge on any atom is 0.257 e. The summed E-state index contributed by atoms with van der Waals surface area (Å²) in [6.45, 7) is 13.8. The molecule has 0 bridgehead atoms. The Morgan fingerprint density at radius 2 is 1.48 bits per heavy atom. The van der Waals surface area contributed by atoms with Gasteiger partial charge in [-0.25, -0.2) is 0 Å². The molecule has 0 saturated heterocycles. The van der Waals surface area contributed by atoms with Gasteiger partial charge in [0.25, 0.3) is 5.56 Å². The number of nitrogens with zero attached hydrogens (tertiary/aromatic N) is 2. The van der Waals surface area contributed by atoms with Gasteiger partial charge in [-0.05, 0) is 79.8 Å². The van der Waals surface area contributed by atoms with E-state index in [1.54, 1.807) is 11.8 Å². The van der Waals surface area contributed by atoms with Crippen molar-refractivity contribution in [2.45, 2.75) is 72.1 Å². The van der Waals surface area contributed by atoms with Crippen molar-refractivity contribution in [3.8, 4) is 5.75 Å². The van der Waals surface area contributed by atoms with Gasteiger partial charge in [-0.3, -0.25) is 4.79 Å². The first-order chi connectivity index (χ1) is 21.4. The highest BCUT2D eigenvalue weighted by Gasteiger charge is 2.23. The fourth-order valence-corrected chi connectivity index (χ4v) is 5.95. The summed E-state index contributed by atoms with van der Waals surface area (Å²) >= 11 is 1.70. The lowest BCUT2D eigenvalue weighted by Crippen LogP contribution is -2.26. The van der Waals surface area contributed by atoms with Crippen LogP contribution in [0.15, 0.2) is 94.1 Å². The van der Waals surface area contributed by atoms with Gasteiger partial charge in [0.05, 0.1) is 12.1 Å². The zero-order chi connectivity index (χ0) is 32.2. The average Bonchev–Trinajstić information content (AvgIpc) is 3.89. The fraction of sp³-hybridized carbons (Fsp3) is 0.316. The second-order valence-corrected chi connectivity index (χ2v) is 11.5. The normalized spacial score (nSPS) is 11.5. The lowest BCUT2D eigenvalue weighted by Gasteiger charge is -2.26. The lowest BCUT2D eigenvalue weighted by atomic mass is 10.0. The van der Waals surface area contributed by atoms with Crippen molar-refractivity contribution in [2.24, 2.45) is 0 Å². The van der Waals surface area contributed by atoms with E-state index in [0.717, 1.165) is 23.4 Å². The van der Waals surface area contributed by atoms with E-state index in [4.69, 9.17) is 9.53 Å². The molecular weight excluding hydrogens is 564 g/mol. The zero-order valence-electron chi connectivity index (χ0n) is 27.3. The van der Waals surface area contributed by atoms with Gasteiger partial charge in [0.15, 0.2) is 0 Å². The summed E-state index contributed by atoms with van der Waals surface area (Å²) in [7, 11) is 2.19. The van der Waals surface area contributed by atoms with Gasteiger partial charge in [0.1, 0.15) is 19.1 Å². The molecule has 1 aliphatic carbocycles. The smallest absolute Gasteiger partial charge is 0.257 e. The van der Waals surface area contributed by atoms with Crippen molar-refractivity contribution in [3.05, 3.63) is 134 Å². The van der Waals surface area contributed by atoms with Crippen LogP contribution >= 0.6 is 11.8 Å². The minimum Gasteiger partial charge on any atom is -0.488 e. The van der Waals surface area contributed by atoms with Crippen molar-refractivity contribution in [3.63, 3.8) is 0 Å². The third-order valence-corrected chi connectivity index (χ3v) is 8.59. The number of allylic oxidation sites excluding steroid dienone is 1.